The van der Waals surface area contributed by atoms with E-state index < -0.39 is 5.91 Å². The van der Waals surface area contributed by atoms with Crippen molar-refractivity contribution in [3.05, 3.63) is 40.4 Å². The number of aromatic nitrogens is 4. The SMILES string of the molecule is CCc1nc2sc3c(c2c2nnc(SCC(=O)NNC(=O)c4ccco4)n12)CCC(C)C3. The Morgan fingerprint density at radius 3 is 3.00 bits per heavy atom. The van der Waals surface area contributed by atoms with Crippen molar-refractivity contribution < 1.29 is 14.0 Å². The quantitative estimate of drug-likeness (QED) is 0.340. The topological polar surface area (TPSA) is 114 Å². The fourth-order valence-electron chi connectivity index (χ4n) is 3.97. The summed E-state index contributed by atoms with van der Waals surface area (Å²) in [4.78, 5) is 31.5. The predicted molar refractivity (Wildman–Crippen MR) is 122 cm³/mol. The van der Waals surface area contributed by atoms with Crippen LogP contribution >= 0.6 is 23.1 Å². The Bertz CT molecular complexity index is 1310. The van der Waals surface area contributed by atoms with Gasteiger partial charge in [0, 0.05) is 11.3 Å². The van der Waals surface area contributed by atoms with E-state index in [0.717, 1.165) is 41.0 Å². The molecule has 32 heavy (non-hydrogen) atoms. The lowest BCUT2D eigenvalue weighted by Gasteiger charge is -2.17. The molecule has 2 amide bonds. The zero-order chi connectivity index (χ0) is 22.2. The Morgan fingerprint density at radius 2 is 2.22 bits per heavy atom. The number of hydrogen-bond acceptors (Lipinski definition) is 8. The maximum atomic E-state index is 12.2. The molecule has 0 radical (unpaired) electrons. The Balaban J connectivity index is 1.37. The van der Waals surface area contributed by atoms with E-state index in [1.54, 1.807) is 17.4 Å². The number of amides is 2. The second kappa shape index (κ2) is 8.55. The summed E-state index contributed by atoms with van der Waals surface area (Å²) < 4.78 is 6.96. The van der Waals surface area contributed by atoms with E-state index >= 15 is 0 Å². The molecule has 0 aliphatic heterocycles. The van der Waals surface area contributed by atoms with Gasteiger partial charge in [-0.05, 0) is 42.9 Å². The molecule has 1 aliphatic carbocycles. The zero-order valence-corrected chi connectivity index (χ0v) is 19.3. The van der Waals surface area contributed by atoms with E-state index in [-0.39, 0.29) is 17.4 Å². The summed E-state index contributed by atoms with van der Waals surface area (Å²) in [5, 5.41) is 10.6. The van der Waals surface area contributed by atoms with Crippen molar-refractivity contribution in [2.45, 2.75) is 44.7 Å². The highest BCUT2D eigenvalue weighted by molar-refractivity contribution is 7.99. The number of carbonyl (C=O) groups is 2. The minimum atomic E-state index is -0.516. The molecular formula is C21H22N6O3S2. The molecule has 0 saturated carbocycles. The Morgan fingerprint density at radius 1 is 1.34 bits per heavy atom. The number of nitrogens with zero attached hydrogens (tertiary/aromatic N) is 4. The summed E-state index contributed by atoms with van der Waals surface area (Å²) in [5.74, 6) is 0.877. The second-order valence-electron chi connectivity index (χ2n) is 7.82. The molecule has 166 valence electrons. The number of thiophene rings is 1. The van der Waals surface area contributed by atoms with E-state index in [0.29, 0.717) is 11.1 Å². The summed E-state index contributed by atoms with van der Waals surface area (Å²) in [6.45, 7) is 4.34. The third-order valence-corrected chi connectivity index (χ3v) is 7.62. The molecule has 4 heterocycles. The molecule has 1 aliphatic rings. The molecule has 9 nitrogen and oxygen atoms in total. The van der Waals surface area contributed by atoms with Crippen molar-refractivity contribution in [2.75, 3.05) is 5.75 Å². The van der Waals surface area contributed by atoms with Crippen molar-refractivity contribution >= 4 is 50.8 Å². The third kappa shape index (κ3) is 3.75. The van der Waals surface area contributed by atoms with Crippen LogP contribution < -0.4 is 10.9 Å². The first-order valence-corrected chi connectivity index (χ1v) is 12.3. The van der Waals surface area contributed by atoms with E-state index in [4.69, 9.17) is 9.40 Å². The lowest BCUT2D eigenvalue weighted by molar-refractivity contribution is -0.119. The van der Waals surface area contributed by atoms with Gasteiger partial charge < -0.3 is 4.42 Å². The summed E-state index contributed by atoms with van der Waals surface area (Å²) >= 11 is 3.03. The van der Waals surface area contributed by atoms with E-state index in [9.17, 15) is 9.59 Å². The molecule has 1 unspecified atom stereocenters. The van der Waals surface area contributed by atoms with Crippen LogP contribution in [-0.4, -0.2) is 37.1 Å². The molecule has 1 atom stereocenters. The first kappa shape index (κ1) is 21.0. The van der Waals surface area contributed by atoms with Crippen molar-refractivity contribution in [2.24, 2.45) is 5.92 Å². The maximum absolute atomic E-state index is 12.2. The molecule has 2 N–H and O–H groups in total. The molecule has 0 bridgehead atoms. The normalized spacial score (nSPS) is 15.8. The Hall–Kier alpha value is -2.92. The largest absolute Gasteiger partial charge is 0.459 e. The van der Waals surface area contributed by atoms with Gasteiger partial charge in [0.05, 0.1) is 17.4 Å². The smallest absolute Gasteiger partial charge is 0.305 e. The first-order chi connectivity index (χ1) is 15.5. The predicted octanol–water partition coefficient (Wildman–Crippen LogP) is 3.17. The van der Waals surface area contributed by atoms with Crippen LogP contribution in [0.3, 0.4) is 0 Å². The van der Waals surface area contributed by atoms with Crippen molar-refractivity contribution in [3.63, 3.8) is 0 Å². The van der Waals surface area contributed by atoms with Crippen LogP contribution in [-0.2, 0) is 24.1 Å². The van der Waals surface area contributed by atoms with Gasteiger partial charge in [-0.1, -0.05) is 25.6 Å². The van der Waals surface area contributed by atoms with Gasteiger partial charge in [0.25, 0.3) is 0 Å². The van der Waals surface area contributed by atoms with Crippen molar-refractivity contribution in [3.8, 4) is 0 Å². The van der Waals surface area contributed by atoms with E-state index in [1.165, 1.54) is 41.0 Å². The molecule has 0 spiro atoms. The van der Waals surface area contributed by atoms with Crippen LogP contribution in [0.2, 0.25) is 0 Å². The molecule has 0 saturated heterocycles. The first-order valence-electron chi connectivity index (χ1n) is 10.5. The number of nitrogens with one attached hydrogen (secondary N) is 2. The standard InChI is InChI=1S/C21H22N6O3S2/c1-3-15-22-20-17(12-7-6-11(2)9-14(12)32-20)18-24-26-21(27(15)18)31-10-16(28)23-25-19(29)13-5-4-8-30-13/h4-5,8,11H,3,6-7,9-10H2,1-2H3,(H,23,28)(H,25,29). The zero-order valence-electron chi connectivity index (χ0n) is 17.7. The van der Waals surface area contributed by atoms with E-state index in [2.05, 4.69) is 34.9 Å². The third-order valence-electron chi connectivity index (χ3n) is 5.55. The summed E-state index contributed by atoms with van der Waals surface area (Å²) in [5.41, 5.74) is 6.89. The number of thioether (sulfide) groups is 1. The monoisotopic (exact) mass is 470 g/mol. The van der Waals surface area contributed by atoms with Gasteiger partial charge in [-0.25, -0.2) is 4.98 Å². The number of aryl methyl sites for hydroxylation is 2. The lowest BCUT2D eigenvalue weighted by atomic mass is 9.89. The Kier molecular flexibility index (Phi) is 5.60. The second-order valence-corrected chi connectivity index (χ2v) is 9.85. The molecule has 11 heteroatoms. The van der Waals surface area contributed by atoms with Crippen LogP contribution in [0.4, 0.5) is 0 Å². The number of carbonyl (C=O) groups excluding carboxylic acids is 2. The van der Waals surface area contributed by atoms with Gasteiger partial charge >= 0.3 is 5.91 Å². The number of hydrogen-bond donors (Lipinski definition) is 2. The minimum Gasteiger partial charge on any atom is -0.459 e. The average Bonchev–Trinajstić information content (AvgIpc) is 3.53. The van der Waals surface area contributed by atoms with Gasteiger partial charge in [0.1, 0.15) is 10.7 Å². The number of furan rings is 1. The highest BCUT2D eigenvalue weighted by Gasteiger charge is 2.25. The van der Waals surface area contributed by atoms with Crippen LogP contribution in [0.15, 0.2) is 28.0 Å². The Labute approximate surface area is 192 Å². The number of hydrazine groups is 1. The fraction of sp³-hybridized carbons (Fsp3) is 0.381. The summed E-state index contributed by atoms with van der Waals surface area (Å²) in [6, 6.07) is 3.12. The number of fused-ring (bicyclic) bond motifs is 5. The van der Waals surface area contributed by atoms with Crippen LogP contribution in [0.5, 0.6) is 0 Å². The summed E-state index contributed by atoms with van der Waals surface area (Å²) in [6.07, 6.45) is 5.41. The van der Waals surface area contributed by atoms with Gasteiger partial charge in [0.15, 0.2) is 16.6 Å². The van der Waals surface area contributed by atoms with Crippen molar-refractivity contribution in [1.29, 1.82) is 0 Å². The average molecular weight is 471 g/mol. The minimum absolute atomic E-state index is 0.0691. The molecule has 4 aromatic rings. The number of rotatable bonds is 5. The molecular weight excluding hydrogens is 448 g/mol. The van der Waals surface area contributed by atoms with Crippen LogP contribution in [0.25, 0.3) is 15.9 Å². The molecule has 0 aromatic carbocycles. The molecule has 4 aromatic heterocycles. The van der Waals surface area contributed by atoms with Crippen molar-refractivity contribution in [1.82, 2.24) is 30.4 Å². The fourth-order valence-corrected chi connectivity index (χ4v) is 6.12. The molecule has 0 fully saturated rings. The highest BCUT2D eigenvalue weighted by Crippen LogP contribution is 2.39. The maximum Gasteiger partial charge on any atom is 0.305 e. The van der Waals surface area contributed by atoms with Gasteiger partial charge in [0.2, 0.25) is 5.91 Å². The lowest BCUT2D eigenvalue weighted by Crippen LogP contribution is -2.42. The van der Waals surface area contributed by atoms with Gasteiger partial charge in [-0.15, -0.1) is 21.5 Å². The highest BCUT2D eigenvalue weighted by atomic mass is 32.2. The van der Waals surface area contributed by atoms with Crippen LogP contribution in [0.1, 0.15) is 47.1 Å². The van der Waals surface area contributed by atoms with Gasteiger partial charge in [-0.2, -0.15) is 0 Å². The molecule has 5 rings (SSSR count). The summed E-state index contributed by atoms with van der Waals surface area (Å²) in [7, 11) is 0. The van der Waals surface area contributed by atoms with Gasteiger partial charge in [-0.3, -0.25) is 24.8 Å². The van der Waals surface area contributed by atoms with E-state index in [1.807, 2.05) is 4.40 Å². The van der Waals surface area contributed by atoms with Crippen LogP contribution in [0, 0.1) is 5.92 Å².